The van der Waals surface area contributed by atoms with Crippen LogP contribution in [0.4, 0.5) is 10.1 Å². The van der Waals surface area contributed by atoms with Gasteiger partial charge >= 0.3 is 0 Å². The molecule has 1 saturated carbocycles. The number of halogens is 1. The largest absolute Gasteiger partial charge is 0.368 e. The quantitative estimate of drug-likeness (QED) is 0.651. The van der Waals surface area contributed by atoms with Crippen LogP contribution in [0.3, 0.4) is 0 Å². The Morgan fingerprint density at radius 3 is 2.26 bits per heavy atom. The van der Waals surface area contributed by atoms with Crippen LogP contribution in [0.1, 0.15) is 72.7 Å². The molecule has 2 fully saturated rings. The number of hydrogen-bond acceptors (Lipinski definition) is 4. The molecule has 0 radical (unpaired) electrons. The molecule has 188 valence electrons. The average Bonchev–Trinajstić information content (AvgIpc) is 3.39. The Labute approximate surface area is 205 Å². The van der Waals surface area contributed by atoms with Gasteiger partial charge in [0.25, 0.3) is 11.8 Å². The van der Waals surface area contributed by atoms with E-state index in [2.05, 4.69) is 24.1 Å². The molecule has 35 heavy (non-hydrogen) atoms. The fourth-order valence-corrected chi connectivity index (χ4v) is 4.88. The number of carbonyl (C=O) groups is 2. The number of pyridine rings is 1. The molecule has 1 N–H and O–H groups in total. The van der Waals surface area contributed by atoms with E-state index < -0.39 is 11.3 Å². The first-order valence-corrected chi connectivity index (χ1v) is 12.7. The van der Waals surface area contributed by atoms with Gasteiger partial charge in [-0.3, -0.25) is 14.4 Å². The second kappa shape index (κ2) is 11.1. The van der Waals surface area contributed by atoms with E-state index in [1.807, 2.05) is 4.57 Å². The first-order chi connectivity index (χ1) is 16.8. The number of nitrogens with zero attached hydrogens (tertiary/aromatic N) is 3. The van der Waals surface area contributed by atoms with Gasteiger partial charge < -0.3 is 19.7 Å². The summed E-state index contributed by atoms with van der Waals surface area (Å²) < 4.78 is 15.2. The smallest absolute Gasteiger partial charge is 0.259 e. The number of benzene rings is 1. The van der Waals surface area contributed by atoms with Crippen molar-refractivity contribution in [2.45, 2.75) is 52.0 Å². The summed E-state index contributed by atoms with van der Waals surface area (Å²) in [5.74, 6) is -0.600. The van der Waals surface area contributed by atoms with Crippen LogP contribution in [0.15, 0.2) is 41.5 Å². The van der Waals surface area contributed by atoms with Crippen molar-refractivity contribution in [3.63, 3.8) is 0 Å². The third-order valence-electron chi connectivity index (χ3n) is 7.03. The van der Waals surface area contributed by atoms with Gasteiger partial charge in [-0.1, -0.05) is 26.7 Å². The predicted molar refractivity (Wildman–Crippen MR) is 135 cm³/mol. The fraction of sp³-hybridized carbons (Fsp3) is 0.519. The molecule has 1 aliphatic heterocycles. The highest BCUT2D eigenvalue weighted by molar-refractivity contribution is 5.99. The minimum absolute atomic E-state index is 0.0384. The van der Waals surface area contributed by atoms with Gasteiger partial charge in [-0.15, -0.1) is 0 Å². The van der Waals surface area contributed by atoms with E-state index in [4.69, 9.17) is 0 Å². The van der Waals surface area contributed by atoms with Crippen molar-refractivity contribution in [1.29, 1.82) is 0 Å². The third-order valence-corrected chi connectivity index (χ3v) is 7.03. The highest BCUT2D eigenvalue weighted by Gasteiger charge is 2.28. The van der Waals surface area contributed by atoms with E-state index in [-0.39, 0.29) is 28.9 Å². The number of aromatic nitrogens is 1. The number of hydrogen-bond donors (Lipinski definition) is 1. The number of piperazine rings is 1. The standard InChI is InChI=1S/C27H35FN4O3/c1-19(2)11-12-29-26(34)23-17-32(21-5-3-4-6-21)18-24(25(23)33)27(35)31-15-13-30(14-16-31)22-9-7-20(28)8-10-22/h7-10,17-19,21H,3-6,11-16H2,1-2H3,(H,29,34). The second-order valence-corrected chi connectivity index (χ2v) is 9.99. The van der Waals surface area contributed by atoms with Crippen molar-refractivity contribution in [3.8, 4) is 0 Å². The number of carbonyl (C=O) groups excluding carboxylic acids is 2. The van der Waals surface area contributed by atoms with Gasteiger partial charge in [0.15, 0.2) is 0 Å². The summed E-state index contributed by atoms with van der Waals surface area (Å²) in [7, 11) is 0. The molecular weight excluding hydrogens is 447 g/mol. The van der Waals surface area contributed by atoms with Crippen LogP contribution >= 0.6 is 0 Å². The first-order valence-electron chi connectivity index (χ1n) is 12.7. The highest BCUT2D eigenvalue weighted by Crippen LogP contribution is 2.29. The second-order valence-electron chi connectivity index (χ2n) is 9.99. The zero-order valence-corrected chi connectivity index (χ0v) is 20.6. The number of nitrogens with one attached hydrogen (secondary N) is 1. The van der Waals surface area contributed by atoms with Crippen molar-refractivity contribution in [3.05, 3.63) is 63.8 Å². The van der Waals surface area contributed by atoms with Crippen LogP contribution in [0.2, 0.25) is 0 Å². The van der Waals surface area contributed by atoms with Crippen LogP contribution in [-0.4, -0.2) is 54.0 Å². The lowest BCUT2D eigenvalue weighted by Gasteiger charge is -2.36. The Morgan fingerprint density at radius 2 is 1.63 bits per heavy atom. The van der Waals surface area contributed by atoms with Crippen LogP contribution < -0.4 is 15.6 Å². The van der Waals surface area contributed by atoms with Gasteiger partial charge in [-0.05, 0) is 49.4 Å². The van der Waals surface area contributed by atoms with Crippen molar-refractivity contribution >= 4 is 17.5 Å². The molecule has 1 aliphatic carbocycles. The third kappa shape index (κ3) is 5.92. The summed E-state index contributed by atoms with van der Waals surface area (Å²) in [6, 6.07) is 6.51. The van der Waals surface area contributed by atoms with E-state index in [1.165, 1.54) is 12.1 Å². The molecule has 1 saturated heterocycles. The Hall–Kier alpha value is -3.16. The monoisotopic (exact) mass is 482 g/mol. The molecule has 4 rings (SSSR count). The molecular formula is C27H35FN4O3. The lowest BCUT2D eigenvalue weighted by atomic mass is 10.1. The number of anilines is 1. The molecule has 2 heterocycles. The van der Waals surface area contributed by atoms with Crippen molar-refractivity contribution < 1.29 is 14.0 Å². The predicted octanol–water partition coefficient (Wildman–Crippen LogP) is 3.84. The maximum atomic E-state index is 13.5. The maximum absolute atomic E-state index is 13.5. The van der Waals surface area contributed by atoms with Gasteiger partial charge in [-0.25, -0.2) is 4.39 Å². The van der Waals surface area contributed by atoms with Gasteiger partial charge in [0.05, 0.1) is 0 Å². The first kappa shape index (κ1) is 24.9. The summed E-state index contributed by atoms with van der Waals surface area (Å²) in [5.41, 5.74) is 0.495. The molecule has 7 nitrogen and oxygen atoms in total. The highest BCUT2D eigenvalue weighted by atomic mass is 19.1. The summed E-state index contributed by atoms with van der Waals surface area (Å²) >= 11 is 0. The normalized spacial score (nSPS) is 16.7. The van der Waals surface area contributed by atoms with Crippen LogP contribution in [-0.2, 0) is 0 Å². The van der Waals surface area contributed by atoms with E-state index >= 15 is 0 Å². The average molecular weight is 483 g/mol. The van der Waals surface area contributed by atoms with Crippen molar-refractivity contribution in [2.24, 2.45) is 5.92 Å². The molecule has 2 aliphatic rings. The fourth-order valence-electron chi connectivity index (χ4n) is 4.88. The molecule has 0 unspecified atom stereocenters. The molecule has 2 amide bonds. The number of rotatable bonds is 7. The molecule has 0 spiro atoms. The lowest BCUT2D eigenvalue weighted by Crippen LogP contribution is -2.50. The minimum Gasteiger partial charge on any atom is -0.368 e. The number of amides is 2. The molecule has 1 aromatic carbocycles. The summed E-state index contributed by atoms with van der Waals surface area (Å²) in [5, 5.41) is 2.85. The van der Waals surface area contributed by atoms with E-state index in [9.17, 15) is 18.8 Å². The minimum atomic E-state index is -0.507. The summed E-state index contributed by atoms with van der Waals surface area (Å²) in [6.07, 6.45) is 8.24. The molecule has 8 heteroatoms. The van der Waals surface area contributed by atoms with E-state index in [1.54, 1.807) is 29.4 Å². The van der Waals surface area contributed by atoms with E-state index in [0.29, 0.717) is 38.6 Å². The summed E-state index contributed by atoms with van der Waals surface area (Å²) in [6.45, 7) is 6.71. The van der Waals surface area contributed by atoms with Gasteiger partial charge in [0.2, 0.25) is 5.43 Å². The molecule has 0 bridgehead atoms. The van der Waals surface area contributed by atoms with Crippen LogP contribution in [0.25, 0.3) is 0 Å². The van der Waals surface area contributed by atoms with Gasteiger partial charge in [0, 0.05) is 56.8 Å². The summed E-state index contributed by atoms with van der Waals surface area (Å²) in [4.78, 5) is 43.5. The zero-order valence-electron chi connectivity index (χ0n) is 20.6. The van der Waals surface area contributed by atoms with E-state index in [0.717, 1.165) is 37.8 Å². The maximum Gasteiger partial charge on any atom is 0.259 e. The van der Waals surface area contributed by atoms with Crippen LogP contribution in [0.5, 0.6) is 0 Å². The Bertz CT molecular complexity index is 1100. The molecule has 2 aromatic rings. The van der Waals surface area contributed by atoms with Crippen LogP contribution in [0, 0.1) is 11.7 Å². The molecule has 1 aromatic heterocycles. The Morgan fingerprint density at radius 1 is 1.00 bits per heavy atom. The molecule has 0 atom stereocenters. The Kier molecular flexibility index (Phi) is 7.88. The van der Waals surface area contributed by atoms with Crippen molar-refractivity contribution in [1.82, 2.24) is 14.8 Å². The lowest BCUT2D eigenvalue weighted by molar-refractivity contribution is 0.0744. The SMILES string of the molecule is CC(C)CCNC(=O)c1cn(C2CCCC2)cc(C(=O)N2CCN(c3ccc(F)cc3)CC2)c1=O. The zero-order chi connectivity index (χ0) is 24.9. The van der Waals surface area contributed by atoms with Gasteiger partial charge in [0.1, 0.15) is 16.9 Å². The topological polar surface area (TPSA) is 74.7 Å². The van der Waals surface area contributed by atoms with Gasteiger partial charge in [-0.2, -0.15) is 0 Å². The van der Waals surface area contributed by atoms with Crippen molar-refractivity contribution in [2.75, 3.05) is 37.6 Å². The Balaban J connectivity index is 1.54.